The summed E-state index contributed by atoms with van der Waals surface area (Å²) in [5, 5.41) is 6.50. The number of hydrogen-bond acceptors (Lipinski definition) is 3. The van der Waals surface area contributed by atoms with E-state index in [1.807, 2.05) is 0 Å². The molecule has 0 saturated carbocycles. The van der Waals surface area contributed by atoms with Gasteiger partial charge in [-0.25, -0.2) is 0 Å². The lowest BCUT2D eigenvalue weighted by molar-refractivity contribution is -0.120. The van der Waals surface area contributed by atoms with Gasteiger partial charge in [-0.2, -0.15) is 5.10 Å². The highest BCUT2D eigenvalue weighted by Crippen LogP contribution is 1.98. The van der Waals surface area contributed by atoms with Crippen LogP contribution in [0.25, 0.3) is 0 Å². The van der Waals surface area contributed by atoms with Gasteiger partial charge in [0, 0.05) is 19.7 Å². The quantitative estimate of drug-likeness (QED) is 0.786. The number of nitrogens with zero attached hydrogens (tertiary/aromatic N) is 2. The Kier molecular flexibility index (Phi) is 3.60. The summed E-state index contributed by atoms with van der Waals surface area (Å²) in [5.41, 5.74) is 0.466. The molecule has 0 fully saturated rings. The molecule has 1 rings (SSSR count). The molecule has 0 radical (unpaired) electrons. The second kappa shape index (κ2) is 4.72. The van der Waals surface area contributed by atoms with Crippen LogP contribution in [0, 0.1) is 0 Å². The molecular formula is C10H15N3O2. The smallest absolute Gasteiger partial charge is 0.255 e. The third-order valence-corrected chi connectivity index (χ3v) is 2.15. The van der Waals surface area contributed by atoms with Crippen LogP contribution in [0.2, 0.25) is 0 Å². The van der Waals surface area contributed by atoms with Gasteiger partial charge in [0.2, 0.25) is 0 Å². The number of rotatable bonds is 4. The summed E-state index contributed by atoms with van der Waals surface area (Å²) in [5.74, 6) is -0.246. The molecule has 1 aromatic rings. The summed E-state index contributed by atoms with van der Waals surface area (Å²) in [6, 6.07) is -0.442. The van der Waals surface area contributed by atoms with Crippen LogP contribution in [0.5, 0.6) is 0 Å². The van der Waals surface area contributed by atoms with Crippen molar-refractivity contribution in [3.8, 4) is 0 Å². The highest BCUT2D eigenvalue weighted by atomic mass is 16.2. The van der Waals surface area contributed by atoms with Crippen molar-refractivity contribution in [3.63, 3.8) is 0 Å². The van der Waals surface area contributed by atoms with Gasteiger partial charge >= 0.3 is 0 Å². The Labute approximate surface area is 88.5 Å². The molecule has 1 N–H and O–H groups in total. The topological polar surface area (TPSA) is 64.0 Å². The molecule has 1 unspecified atom stereocenters. The first kappa shape index (κ1) is 11.4. The average molecular weight is 209 g/mol. The van der Waals surface area contributed by atoms with Crippen molar-refractivity contribution in [2.45, 2.75) is 26.3 Å². The van der Waals surface area contributed by atoms with E-state index in [-0.39, 0.29) is 11.7 Å². The maximum Gasteiger partial charge on any atom is 0.255 e. The summed E-state index contributed by atoms with van der Waals surface area (Å²) in [4.78, 5) is 22.8. The molecule has 15 heavy (non-hydrogen) atoms. The van der Waals surface area contributed by atoms with Crippen LogP contribution >= 0.6 is 0 Å². The number of nitrogens with one attached hydrogen (secondary N) is 1. The van der Waals surface area contributed by atoms with Crippen molar-refractivity contribution in [3.05, 3.63) is 18.0 Å². The number of carbonyl (C=O) groups excluding carboxylic acids is 2. The monoisotopic (exact) mass is 209 g/mol. The van der Waals surface area contributed by atoms with E-state index < -0.39 is 6.04 Å². The van der Waals surface area contributed by atoms with Gasteiger partial charge in [-0.05, 0) is 6.92 Å². The van der Waals surface area contributed by atoms with Crippen molar-refractivity contribution in [2.75, 3.05) is 0 Å². The molecule has 1 aromatic heterocycles. The molecule has 5 nitrogen and oxygen atoms in total. The summed E-state index contributed by atoms with van der Waals surface area (Å²) >= 11 is 0. The Balaban J connectivity index is 2.60. The molecule has 1 heterocycles. The van der Waals surface area contributed by atoms with Gasteiger partial charge < -0.3 is 5.32 Å². The first-order valence-electron chi connectivity index (χ1n) is 4.86. The Morgan fingerprint density at radius 2 is 2.27 bits per heavy atom. The molecule has 0 aliphatic rings. The highest BCUT2D eigenvalue weighted by molar-refractivity contribution is 5.97. The van der Waals surface area contributed by atoms with E-state index in [0.29, 0.717) is 12.0 Å². The summed E-state index contributed by atoms with van der Waals surface area (Å²) in [6.45, 7) is 3.45. The number of carbonyl (C=O) groups is 2. The maximum atomic E-state index is 11.6. The minimum Gasteiger partial charge on any atom is -0.342 e. The van der Waals surface area contributed by atoms with Gasteiger partial charge in [-0.15, -0.1) is 0 Å². The molecule has 5 heteroatoms. The Morgan fingerprint density at radius 1 is 1.60 bits per heavy atom. The zero-order chi connectivity index (χ0) is 11.4. The predicted octanol–water partition coefficient (Wildman–Crippen LogP) is 0.517. The van der Waals surface area contributed by atoms with Crippen molar-refractivity contribution in [1.82, 2.24) is 15.1 Å². The number of hydrogen-bond donors (Lipinski definition) is 1. The lowest BCUT2D eigenvalue weighted by atomic mass is 10.1. The standard InChI is InChI=1S/C10H15N3O2/c1-4-9(14)7(2)12-10(15)8-5-11-13(3)6-8/h5-7H,4H2,1-3H3,(H,12,15). The molecule has 0 aromatic carbocycles. The zero-order valence-electron chi connectivity index (χ0n) is 9.15. The van der Waals surface area contributed by atoms with E-state index in [2.05, 4.69) is 10.4 Å². The Bertz CT molecular complexity index is 370. The normalized spacial score (nSPS) is 12.2. The molecule has 0 spiro atoms. The number of ketones is 1. The van der Waals surface area contributed by atoms with Crippen LogP contribution in [0.1, 0.15) is 30.6 Å². The lowest BCUT2D eigenvalue weighted by Crippen LogP contribution is -2.38. The lowest BCUT2D eigenvalue weighted by Gasteiger charge is -2.10. The van der Waals surface area contributed by atoms with E-state index in [1.54, 1.807) is 31.8 Å². The van der Waals surface area contributed by atoms with E-state index in [9.17, 15) is 9.59 Å². The van der Waals surface area contributed by atoms with Gasteiger partial charge in [0.05, 0.1) is 17.8 Å². The van der Waals surface area contributed by atoms with Crippen LogP contribution in [-0.4, -0.2) is 27.5 Å². The fourth-order valence-electron chi connectivity index (χ4n) is 1.21. The second-order valence-electron chi connectivity index (χ2n) is 3.42. The van der Waals surface area contributed by atoms with E-state index in [1.165, 1.54) is 6.20 Å². The fourth-order valence-corrected chi connectivity index (χ4v) is 1.21. The summed E-state index contributed by atoms with van der Waals surface area (Å²) < 4.78 is 1.54. The molecule has 1 atom stereocenters. The van der Waals surface area contributed by atoms with Gasteiger partial charge in [-0.3, -0.25) is 14.3 Å². The summed E-state index contributed by atoms with van der Waals surface area (Å²) in [7, 11) is 1.73. The van der Waals surface area contributed by atoms with Crippen LogP contribution < -0.4 is 5.32 Å². The van der Waals surface area contributed by atoms with E-state index in [0.717, 1.165) is 0 Å². The molecule has 82 valence electrons. The predicted molar refractivity (Wildman–Crippen MR) is 55.4 cm³/mol. The van der Waals surface area contributed by atoms with Crippen molar-refractivity contribution in [2.24, 2.45) is 7.05 Å². The van der Waals surface area contributed by atoms with Crippen molar-refractivity contribution < 1.29 is 9.59 Å². The second-order valence-corrected chi connectivity index (χ2v) is 3.42. The molecule has 0 aliphatic carbocycles. The van der Waals surface area contributed by atoms with Crippen molar-refractivity contribution >= 4 is 11.7 Å². The van der Waals surface area contributed by atoms with Crippen LogP contribution in [0.4, 0.5) is 0 Å². The number of aromatic nitrogens is 2. The van der Waals surface area contributed by atoms with Gasteiger partial charge in [0.25, 0.3) is 5.91 Å². The largest absolute Gasteiger partial charge is 0.342 e. The molecule has 0 saturated heterocycles. The SMILES string of the molecule is CCC(=O)C(C)NC(=O)c1cnn(C)c1. The van der Waals surface area contributed by atoms with Gasteiger partial charge in [-0.1, -0.05) is 6.92 Å². The maximum absolute atomic E-state index is 11.6. The molecule has 1 amide bonds. The highest BCUT2D eigenvalue weighted by Gasteiger charge is 2.15. The zero-order valence-corrected chi connectivity index (χ0v) is 9.15. The fraction of sp³-hybridized carbons (Fsp3) is 0.500. The van der Waals surface area contributed by atoms with Crippen LogP contribution in [0.3, 0.4) is 0 Å². The first-order chi connectivity index (χ1) is 7.04. The number of Topliss-reactive ketones (excluding diaryl/α,β-unsaturated/α-hetero) is 1. The number of aryl methyl sites for hydroxylation is 1. The van der Waals surface area contributed by atoms with Crippen molar-refractivity contribution in [1.29, 1.82) is 0 Å². The number of amides is 1. The van der Waals surface area contributed by atoms with E-state index >= 15 is 0 Å². The Hall–Kier alpha value is -1.65. The van der Waals surface area contributed by atoms with E-state index in [4.69, 9.17) is 0 Å². The van der Waals surface area contributed by atoms with Crippen LogP contribution in [0.15, 0.2) is 12.4 Å². The van der Waals surface area contributed by atoms with Gasteiger partial charge in [0.15, 0.2) is 5.78 Å². The third kappa shape index (κ3) is 2.90. The van der Waals surface area contributed by atoms with Gasteiger partial charge in [0.1, 0.15) is 0 Å². The Morgan fingerprint density at radius 3 is 2.73 bits per heavy atom. The minimum absolute atomic E-state index is 0.0206. The molecule has 0 bridgehead atoms. The average Bonchev–Trinajstić information content (AvgIpc) is 2.63. The summed E-state index contributed by atoms with van der Waals surface area (Å²) in [6.07, 6.45) is 3.51. The van der Waals surface area contributed by atoms with Crippen LogP contribution in [-0.2, 0) is 11.8 Å². The minimum atomic E-state index is -0.442. The first-order valence-corrected chi connectivity index (χ1v) is 4.86. The molecule has 0 aliphatic heterocycles. The molecular weight excluding hydrogens is 194 g/mol. The third-order valence-electron chi connectivity index (χ3n) is 2.15.